The monoisotopic (exact) mass is 254 g/mol. The maximum atomic E-state index is 12.0. The highest BCUT2D eigenvalue weighted by Crippen LogP contribution is 2.29. The molecule has 0 fully saturated rings. The summed E-state index contributed by atoms with van der Waals surface area (Å²) in [4.78, 5) is 22.5. The number of hydrogen-bond acceptors (Lipinski definition) is 3. The highest BCUT2D eigenvalue weighted by Gasteiger charge is 2.36. The van der Waals surface area contributed by atoms with Crippen molar-refractivity contribution in [1.82, 2.24) is 10.6 Å². The van der Waals surface area contributed by atoms with E-state index >= 15 is 0 Å². The van der Waals surface area contributed by atoms with Crippen molar-refractivity contribution in [2.45, 2.75) is 39.5 Å². The van der Waals surface area contributed by atoms with Crippen LogP contribution in [-0.2, 0) is 4.79 Å². The molecule has 3 amide bonds. The Morgan fingerprint density at radius 2 is 1.67 bits per heavy atom. The van der Waals surface area contributed by atoms with Crippen molar-refractivity contribution >= 4 is 11.9 Å². The quantitative estimate of drug-likeness (QED) is 0.559. The smallest absolute Gasteiger partial charge is 0.312 e. The fourth-order valence-electron chi connectivity index (χ4n) is 1.90. The Balaban J connectivity index is 4.38. The standard InChI is InChI=1S/C12H22N4O2/c1-3-5-12(9-13,6-4-2)10(17)15-7-8-16-11(14)18/h3-8H2,1-2H3,(H,15,17)(H3,14,16,18). The molecule has 0 spiro atoms. The Kier molecular flexibility index (Phi) is 7.52. The molecule has 0 rings (SSSR count). The molecule has 0 saturated heterocycles. The molecule has 0 unspecified atom stereocenters. The average molecular weight is 254 g/mol. The lowest BCUT2D eigenvalue weighted by atomic mass is 9.80. The van der Waals surface area contributed by atoms with E-state index in [9.17, 15) is 14.9 Å². The van der Waals surface area contributed by atoms with Crippen LogP contribution in [0.5, 0.6) is 0 Å². The Bertz CT molecular complexity index is 317. The van der Waals surface area contributed by atoms with E-state index in [1.807, 2.05) is 13.8 Å². The van der Waals surface area contributed by atoms with Gasteiger partial charge in [-0.25, -0.2) is 4.79 Å². The number of carbonyl (C=O) groups excluding carboxylic acids is 2. The van der Waals surface area contributed by atoms with Gasteiger partial charge >= 0.3 is 6.03 Å². The van der Waals surface area contributed by atoms with Crippen LogP contribution in [-0.4, -0.2) is 25.0 Å². The minimum Gasteiger partial charge on any atom is -0.353 e. The molecule has 0 aliphatic carbocycles. The molecule has 0 aromatic rings. The predicted octanol–water partition coefficient (Wildman–Crippen LogP) is 0.881. The fraction of sp³-hybridized carbons (Fsp3) is 0.750. The van der Waals surface area contributed by atoms with E-state index in [0.29, 0.717) is 12.8 Å². The summed E-state index contributed by atoms with van der Waals surface area (Å²) in [5.74, 6) is -0.264. The molecule has 0 bridgehead atoms. The summed E-state index contributed by atoms with van der Waals surface area (Å²) in [5, 5.41) is 14.3. The molecule has 0 aromatic carbocycles. The Morgan fingerprint density at radius 1 is 1.17 bits per heavy atom. The van der Waals surface area contributed by atoms with Gasteiger partial charge in [-0.1, -0.05) is 26.7 Å². The van der Waals surface area contributed by atoms with E-state index in [0.717, 1.165) is 12.8 Å². The molecule has 0 saturated carbocycles. The first-order valence-corrected chi connectivity index (χ1v) is 6.25. The number of nitrogens with one attached hydrogen (secondary N) is 2. The van der Waals surface area contributed by atoms with Gasteiger partial charge in [-0.15, -0.1) is 0 Å². The summed E-state index contributed by atoms with van der Waals surface area (Å²) >= 11 is 0. The van der Waals surface area contributed by atoms with Crippen molar-refractivity contribution < 1.29 is 9.59 Å². The maximum absolute atomic E-state index is 12.0. The van der Waals surface area contributed by atoms with Gasteiger partial charge in [0.05, 0.1) is 6.07 Å². The van der Waals surface area contributed by atoms with Crippen LogP contribution in [0, 0.1) is 16.7 Å². The van der Waals surface area contributed by atoms with Crippen molar-refractivity contribution in [3.05, 3.63) is 0 Å². The summed E-state index contributed by atoms with van der Waals surface area (Å²) in [6, 6.07) is 1.52. The Hall–Kier alpha value is -1.77. The number of hydrogen-bond donors (Lipinski definition) is 3. The summed E-state index contributed by atoms with van der Waals surface area (Å²) in [7, 11) is 0. The van der Waals surface area contributed by atoms with Crippen LogP contribution in [0.25, 0.3) is 0 Å². The summed E-state index contributed by atoms with van der Waals surface area (Å²) in [6.45, 7) is 4.44. The summed E-state index contributed by atoms with van der Waals surface area (Å²) in [5.41, 5.74) is 3.95. The van der Waals surface area contributed by atoms with Gasteiger partial charge in [0.25, 0.3) is 0 Å². The molecule has 6 nitrogen and oxygen atoms in total. The minimum absolute atomic E-state index is 0.264. The molecule has 0 aliphatic heterocycles. The Labute approximate surface area is 108 Å². The number of nitriles is 1. The van der Waals surface area contributed by atoms with E-state index in [2.05, 4.69) is 16.7 Å². The molecular formula is C12H22N4O2. The van der Waals surface area contributed by atoms with Gasteiger partial charge in [0.1, 0.15) is 5.41 Å². The van der Waals surface area contributed by atoms with Crippen molar-refractivity contribution in [2.75, 3.05) is 13.1 Å². The van der Waals surface area contributed by atoms with E-state index in [-0.39, 0.29) is 19.0 Å². The van der Waals surface area contributed by atoms with Crippen LogP contribution in [0.1, 0.15) is 39.5 Å². The molecule has 0 aliphatic rings. The van der Waals surface area contributed by atoms with Crippen LogP contribution in [0.2, 0.25) is 0 Å². The lowest BCUT2D eigenvalue weighted by Crippen LogP contribution is -2.44. The van der Waals surface area contributed by atoms with Crippen LogP contribution in [0.15, 0.2) is 0 Å². The molecule has 4 N–H and O–H groups in total. The topological polar surface area (TPSA) is 108 Å². The number of amides is 3. The zero-order chi connectivity index (χ0) is 14.0. The molecule has 0 atom stereocenters. The van der Waals surface area contributed by atoms with Crippen molar-refractivity contribution in [3.63, 3.8) is 0 Å². The van der Waals surface area contributed by atoms with Gasteiger partial charge in [0.2, 0.25) is 5.91 Å². The van der Waals surface area contributed by atoms with Crippen LogP contribution < -0.4 is 16.4 Å². The van der Waals surface area contributed by atoms with Crippen LogP contribution >= 0.6 is 0 Å². The first kappa shape index (κ1) is 16.2. The summed E-state index contributed by atoms with van der Waals surface area (Å²) < 4.78 is 0. The molecule has 102 valence electrons. The molecule has 0 heterocycles. The van der Waals surface area contributed by atoms with E-state index in [1.54, 1.807) is 0 Å². The molecular weight excluding hydrogens is 232 g/mol. The van der Waals surface area contributed by atoms with Gasteiger partial charge < -0.3 is 16.4 Å². The third-order valence-electron chi connectivity index (χ3n) is 2.71. The van der Waals surface area contributed by atoms with Gasteiger partial charge in [-0.05, 0) is 12.8 Å². The SMILES string of the molecule is CCCC(C#N)(CCC)C(=O)NCCNC(N)=O. The average Bonchev–Trinajstić information content (AvgIpc) is 2.33. The van der Waals surface area contributed by atoms with E-state index < -0.39 is 11.4 Å². The third kappa shape index (κ3) is 5.04. The first-order chi connectivity index (χ1) is 8.52. The van der Waals surface area contributed by atoms with Crippen molar-refractivity contribution in [1.29, 1.82) is 5.26 Å². The highest BCUT2D eigenvalue weighted by atomic mass is 16.2. The highest BCUT2D eigenvalue weighted by molar-refractivity contribution is 5.85. The number of nitrogens with zero attached hydrogens (tertiary/aromatic N) is 1. The van der Waals surface area contributed by atoms with Crippen LogP contribution in [0.3, 0.4) is 0 Å². The largest absolute Gasteiger partial charge is 0.353 e. The number of nitrogens with two attached hydrogens (primary N) is 1. The molecule has 6 heteroatoms. The molecule has 0 radical (unpaired) electrons. The predicted molar refractivity (Wildman–Crippen MR) is 68.5 cm³/mol. The summed E-state index contributed by atoms with van der Waals surface area (Å²) in [6.07, 6.45) is 2.65. The van der Waals surface area contributed by atoms with E-state index in [1.165, 1.54) is 0 Å². The molecule has 0 aromatic heterocycles. The maximum Gasteiger partial charge on any atom is 0.312 e. The zero-order valence-electron chi connectivity index (χ0n) is 11.1. The normalized spacial score (nSPS) is 10.5. The second-order valence-corrected chi connectivity index (χ2v) is 4.24. The van der Waals surface area contributed by atoms with Crippen LogP contribution in [0.4, 0.5) is 4.79 Å². The van der Waals surface area contributed by atoms with E-state index in [4.69, 9.17) is 5.73 Å². The van der Waals surface area contributed by atoms with Gasteiger partial charge in [0.15, 0.2) is 0 Å². The first-order valence-electron chi connectivity index (χ1n) is 6.25. The fourth-order valence-corrected chi connectivity index (χ4v) is 1.90. The number of carbonyl (C=O) groups is 2. The lowest BCUT2D eigenvalue weighted by Gasteiger charge is -2.24. The van der Waals surface area contributed by atoms with Crippen molar-refractivity contribution in [3.8, 4) is 6.07 Å². The van der Waals surface area contributed by atoms with Gasteiger partial charge in [0, 0.05) is 13.1 Å². The zero-order valence-corrected chi connectivity index (χ0v) is 11.1. The number of urea groups is 1. The Morgan fingerprint density at radius 3 is 2.06 bits per heavy atom. The van der Waals surface area contributed by atoms with Gasteiger partial charge in [-0.2, -0.15) is 5.26 Å². The third-order valence-corrected chi connectivity index (χ3v) is 2.71. The number of rotatable bonds is 8. The lowest BCUT2D eigenvalue weighted by molar-refractivity contribution is -0.128. The second kappa shape index (κ2) is 8.34. The molecule has 18 heavy (non-hydrogen) atoms. The van der Waals surface area contributed by atoms with Gasteiger partial charge in [-0.3, -0.25) is 4.79 Å². The second-order valence-electron chi connectivity index (χ2n) is 4.24. The number of primary amides is 1. The van der Waals surface area contributed by atoms with Crippen molar-refractivity contribution in [2.24, 2.45) is 11.1 Å². The minimum atomic E-state index is -0.948.